The fraction of sp³-hybridized carbons (Fsp3) is 0.0909. The Morgan fingerprint density at radius 1 is 1.33 bits per heavy atom. The van der Waals surface area contributed by atoms with Crippen LogP contribution in [0.1, 0.15) is 16.3 Å². The van der Waals surface area contributed by atoms with Crippen molar-refractivity contribution in [1.82, 2.24) is 9.97 Å². The van der Waals surface area contributed by atoms with Crippen molar-refractivity contribution in [1.29, 1.82) is 0 Å². The van der Waals surface area contributed by atoms with Gasteiger partial charge in [0.25, 0.3) is 0 Å². The van der Waals surface area contributed by atoms with Gasteiger partial charge in [-0.1, -0.05) is 6.07 Å². The summed E-state index contributed by atoms with van der Waals surface area (Å²) in [5.74, 6) is 0. The number of H-pyrrole nitrogens is 1. The predicted molar refractivity (Wildman–Crippen MR) is 63.1 cm³/mol. The highest BCUT2D eigenvalue weighted by Crippen LogP contribution is 2.27. The van der Waals surface area contributed by atoms with E-state index in [1.54, 1.807) is 17.1 Å². The van der Waals surface area contributed by atoms with Gasteiger partial charge in [-0.2, -0.15) is 18.2 Å². The normalized spacial score (nSPS) is 12.2. The fourth-order valence-corrected chi connectivity index (χ4v) is 1.89. The van der Waals surface area contributed by atoms with Crippen molar-refractivity contribution in [3.63, 3.8) is 0 Å². The van der Waals surface area contributed by atoms with Gasteiger partial charge in [0.2, 0.25) is 0 Å². The van der Waals surface area contributed by atoms with Gasteiger partial charge in [0, 0.05) is 4.88 Å². The molecule has 1 N–H and O–H groups in total. The van der Waals surface area contributed by atoms with Gasteiger partial charge in [0.05, 0.1) is 5.69 Å². The zero-order valence-corrected chi connectivity index (χ0v) is 9.68. The Kier molecular flexibility index (Phi) is 3.33. The van der Waals surface area contributed by atoms with Gasteiger partial charge in [-0.15, -0.1) is 11.3 Å². The van der Waals surface area contributed by atoms with Gasteiger partial charge in [-0.3, -0.25) is 0 Å². The lowest BCUT2D eigenvalue weighted by molar-refractivity contribution is -0.141. The smallest absolute Gasteiger partial charge is 0.302 e. The van der Waals surface area contributed by atoms with Gasteiger partial charge >= 0.3 is 11.9 Å². The van der Waals surface area contributed by atoms with Crippen molar-refractivity contribution in [2.45, 2.75) is 6.18 Å². The number of nitrogens with one attached hydrogen (secondary N) is 1. The van der Waals surface area contributed by atoms with E-state index in [-0.39, 0.29) is 5.69 Å². The quantitative estimate of drug-likeness (QED) is 0.913. The Morgan fingerprint density at radius 3 is 2.72 bits per heavy atom. The molecule has 0 fully saturated rings. The molecular weight excluding hydrogens is 265 g/mol. The predicted octanol–water partition coefficient (Wildman–Crippen LogP) is 3.02. The van der Waals surface area contributed by atoms with Crippen molar-refractivity contribution in [3.8, 4) is 0 Å². The third-order valence-corrected chi connectivity index (χ3v) is 2.87. The molecule has 0 unspecified atom stereocenters. The average molecular weight is 272 g/mol. The zero-order valence-electron chi connectivity index (χ0n) is 8.86. The van der Waals surface area contributed by atoms with E-state index < -0.39 is 17.6 Å². The van der Waals surface area contributed by atoms with Crippen LogP contribution in [0, 0.1) is 0 Å². The topological polar surface area (TPSA) is 45.8 Å². The third kappa shape index (κ3) is 3.07. The standard InChI is InChI=1S/C11H7F3N2OS/c12-11(13,14)9-6-7(15-10(17)16-9)3-4-8-2-1-5-18-8/h1-6H,(H,15,16,17). The highest BCUT2D eigenvalue weighted by Gasteiger charge is 2.32. The Bertz CT molecular complexity index is 614. The SMILES string of the molecule is O=c1nc(C=Cc2cccs2)cc(C(F)(F)F)[nH]1. The molecule has 0 bridgehead atoms. The molecule has 0 saturated carbocycles. The van der Waals surface area contributed by atoms with Crippen LogP contribution in [0.3, 0.4) is 0 Å². The van der Waals surface area contributed by atoms with Gasteiger partial charge in [-0.25, -0.2) is 4.79 Å². The summed E-state index contributed by atoms with van der Waals surface area (Å²) in [5, 5.41) is 1.84. The van der Waals surface area contributed by atoms with Crippen LogP contribution in [0.25, 0.3) is 12.2 Å². The van der Waals surface area contributed by atoms with Crippen molar-refractivity contribution in [3.05, 3.63) is 50.3 Å². The number of rotatable bonds is 2. The fourth-order valence-electron chi connectivity index (χ4n) is 1.27. The van der Waals surface area contributed by atoms with Crippen LogP contribution < -0.4 is 5.69 Å². The number of hydrogen-bond acceptors (Lipinski definition) is 3. The van der Waals surface area contributed by atoms with Gasteiger partial charge in [0.1, 0.15) is 5.69 Å². The molecular formula is C11H7F3N2OS. The molecule has 0 saturated heterocycles. The van der Waals surface area contributed by atoms with Crippen LogP contribution in [0.5, 0.6) is 0 Å². The van der Waals surface area contributed by atoms with Crippen molar-refractivity contribution in [2.24, 2.45) is 0 Å². The second-order valence-corrected chi connectivity index (χ2v) is 4.35. The van der Waals surface area contributed by atoms with E-state index in [4.69, 9.17) is 0 Å². The molecule has 18 heavy (non-hydrogen) atoms. The number of aromatic nitrogens is 2. The Morgan fingerprint density at radius 2 is 2.11 bits per heavy atom. The summed E-state index contributed by atoms with van der Waals surface area (Å²) < 4.78 is 37.3. The van der Waals surface area contributed by atoms with Crippen LogP contribution in [0.4, 0.5) is 13.2 Å². The monoisotopic (exact) mass is 272 g/mol. The van der Waals surface area contributed by atoms with Crippen molar-refractivity contribution in [2.75, 3.05) is 0 Å². The number of thiophene rings is 1. The van der Waals surface area contributed by atoms with E-state index in [9.17, 15) is 18.0 Å². The molecule has 0 radical (unpaired) electrons. The maximum absolute atomic E-state index is 12.4. The highest BCUT2D eigenvalue weighted by atomic mass is 32.1. The number of hydrogen-bond donors (Lipinski definition) is 1. The number of aromatic amines is 1. The summed E-state index contributed by atoms with van der Waals surface area (Å²) in [4.78, 5) is 17.0. The molecule has 0 aromatic carbocycles. The Labute approximate surface area is 104 Å². The molecule has 0 aliphatic carbocycles. The minimum Gasteiger partial charge on any atom is -0.302 e. The molecule has 2 heterocycles. The molecule has 2 rings (SSSR count). The first-order valence-corrected chi connectivity index (χ1v) is 5.73. The van der Waals surface area contributed by atoms with E-state index >= 15 is 0 Å². The molecule has 2 aromatic heterocycles. The summed E-state index contributed by atoms with van der Waals surface area (Å²) in [6.45, 7) is 0. The minimum absolute atomic E-state index is 0.0283. The largest absolute Gasteiger partial charge is 0.431 e. The first-order valence-electron chi connectivity index (χ1n) is 4.85. The Hall–Kier alpha value is -1.89. The lowest BCUT2D eigenvalue weighted by atomic mass is 10.3. The van der Waals surface area contributed by atoms with Crippen LogP contribution >= 0.6 is 11.3 Å². The maximum atomic E-state index is 12.4. The van der Waals surface area contributed by atoms with E-state index in [1.807, 2.05) is 11.4 Å². The second-order valence-electron chi connectivity index (χ2n) is 3.37. The summed E-state index contributed by atoms with van der Waals surface area (Å²) in [5.41, 5.74) is -2.15. The average Bonchev–Trinajstić information content (AvgIpc) is 2.77. The van der Waals surface area contributed by atoms with Gasteiger partial charge in [-0.05, 0) is 29.7 Å². The molecule has 0 aliphatic rings. The molecule has 0 spiro atoms. The highest BCUT2D eigenvalue weighted by molar-refractivity contribution is 7.10. The summed E-state index contributed by atoms with van der Waals surface area (Å²) in [7, 11) is 0. The van der Waals surface area contributed by atoms with Crippen molar-refractivity contribution < 1.29 is 13.2 Å². The third-order valence-electron chi connectivity index (χ3n) is 2.03. The van der Waals surface area contributed by atoms with E-state index in [0.717, 1.165) is 10.9 Å². The number of alkyl halides is 3. The van der Waals surface area contributed by atoms with Crippen molar-refractivity contribution >= 4 is 23.5 Å². The molecule has 0 aliphatic heterocycles. The van der Waals surface area contributed by atoms with E-state index in [1.165, 1.54) is 17.4 Å². The number of halogens is 3. The molecule has 0 atom stereocenters. The first-order chi connectivity index (χ1) is 8.45. The van der Waals surface area contributed by atoms with Gasteiger partial charge < -0.3 is 4.98 Å². The minimum atomic E-state index is -4.59. The lowest BCUT2D eigenvalue weighted by Gasteiger charge is -2.05. The summed E-state index contributed by atoms with van der Waals surface area (Å²) >= 11 is 1.43. The summed E-state index contributed by atoms with van der Waals surface area (Å²) in [6.07, 6.45) is -1.61. The second kappa shape index (κ2) is 4.77. The zero-order chi connectivity index (χ0) is 13.2. The van der Waals surface area contributed by atoms with Gasteiger partial charge in [0.15, 0.2) is 0 Å². The van der Waals surface area contributed by atoms with Crippen LogP contribution in [0.15, 0.2) is 28.4 Å². The van der Waals surface area contributed by atoms with E-state index in [2.05, 4.69) is 4.98 Å². The summed E-state index contributed by atoms with van der Waals surface area (Å²) in [6, 6.07) is 4.42. The molecule has 0 amide bonds. The first kappa shape index (κ1) is 12.6. The maximum Gasteiger partial charge on any atom is 0.431 e. The molecule has 3 nitrogen and oxygen atoms in total. The van der Waals surface area contributed by atoms with Crippen LogP contribution in [-0.4, -0.2) is 9.97 Å². The molecule has 2 aromatic rings. The lowest BCUT2D eigenvalue weighted by Crippen LogP contribution is -2.19. The molecule has 7 heteroatoms. The Balaban J connectivity index is 2.35. The molecule has 94 valence electrons. The van der Waals surface area contributed by atoms with E-state index in [0.29, 0.717) is 0 Å². The number of nitrogens with zero attached hydrogens (tertiary/aromatic N) is 1. The van der Waals surface area contributed by atoms with Crippen LogP contribution in [-0.2, 0) is 6.18 Å². The van der Waals surface area contributed by atoms with Crippen LogP contribution in [0.2, 0.25) is 0 Å².